The molecular weight excluding hydrogens is 440 g/mol. The van der Waals surface area contributed by atoms with Crippen molar-refractivity contribution in [3.05, 3.63) is 71.0 Å². The Morgan fingerprint density at radius 2 is 1.94 bits per heavy atom. The fourth-order valence-electron chi connectivity index (χ4n) is 3.71. The number of carboxylic acid groups (broad SMARTS) is 1. The Hall–Kier alpha value is -3.16. The zero-order valence-electron chi connectivity index (χ0n) is 19.0. The second-order valence-corrected chi connectivity index (χ2v) is 8.59. The molecule has 0 aliphatic carbocycles. The van der Waals surface area contributed by atoms with Gasteiger partial charge < -0.3 is 9.84 Å². The summed E-state index contributed by atoms with van der Waals surface area (Å²) in [5, 5.41) is 20.5. The molecule has 8 heteroatoms. The summed E-state index contributed by atoms with van der Waals surface area (Å²) < 4.78 is 9.63. The van der Waals surface area contributed by atoms with Crippen LogP contribution in [0.4, 0.5) is 0 Å². The van der Waals surface area contributed by atoms with Gasteiger partial charge in [-0.05, 0) is 44.0 Å². The van der Waals surface area contributed by atoms with Crippen LogP contribution in [0.15, 0.2) is 54.7 Å². The molecule has 4 aromatic rings. The summed E-state index contributed by atoms with van der Waals surface area (Å²) in [5.41, 5.74) is 3.26. The second kappa shape index (κ2) is 9.37. The van der Waals surface area contributed by atoms with Gasteiger partial charge in [0.25, 0.3) is 0 Å². The number of nitrogens with zero attached hydrogens (tertiary/aromatic N) is 4. The van der Waals surface area contributed by atoms with Gasteiger partial charge in [-0.2, -0.15) is 10.2 Å². The third kappa shape index (κ3) is 4.65. The van der Waals surface area contributed by atoms with Gasteiger partial charge in [-0.15, -0.1) is 0 Å². The summed E-state index contributed by atoms with van der Waals surface area (Å²) in [7, 11) is 0. The number of fused-ring (bicyclic) bond motifs is 1. The van der Waals surface area contributed by atoms with E-state index < -0.39 is 11.6 Å². The van der Waals surface area contributed by atoms with Crippen molar-refractivity contribution in [3.8, 4) is 11.3 Å². The lowest BCUT2D eigenvalue weighted by Crippen LogP contribution is -2.37. The number of carbonyl (C=O) groups is 1. The highest BCUT2D eigenvalue weighted by atomic mass is 35.5. The molecule has 4 rings (SSSR count). The fraction of sp³-hybridized carbons (Fsp3) is 0.320. The maximum Gasteiger partial charge on any atom is 0.335 e. The molecule has 0 saturated heterocycles. The second-order valence-electron chi connectivity index (χ2n) is 8.18. The van der Waals surface area contributed by atoms with Crippen molar-refractivity contribution in [2.24, 2.45) is 0 Å². The Morgan fingerprint density at radius 1 is 1.15 bits per heavy atom. The molecular formula is C25H27ClN4O3. The van der Waals surface area contributed by atoms with Gasteiger partial charge >= 0.3 is 5.97 Å². The number of aryl methyl sites for hydroxylation is 1. The van der Waals surface area contributed by atoms with Crippen molar-refractivity contribution in [1.29, 1.82) is 0 Å². The molecule has 0 spiro atoms. The number of halogens is 1. The van der Waals surface area contributed by atoms with E-state index in [0.29, 0.717) is 23.7 Å². The molecule has 0 saturated carbocycles. The van der Waals surface area contributed by atoms with Crippen LogP contribution in [0.25, 0.3) is 22.2 Å². The van der Waals surface area contributed by atoms with E-state index in [1.165, 1.54) is 0 Å². The topological polar surface area (TPSA) is 82.2 Å². The third-order valence-corrected chi connectivity index (χ3v) is 6.38. The van der Waals surface area contributed by atoms with Crippen LogP contribution in [0.3, 0.4) is 0 Å². The Labute approximate surface area is 197 Å². The number of aliphatic carboxylic acids is 1. The number of hydrogen-bond acceptors (Lipinski definition) is 4. The van der Waals surface area contributed by atoms with Crippen LogP contribution in [0.2, 0.25) is 5.02 Å². The van der Waals surface area contributed by atoms with Crippen molar-refractivity contribution in [3.63, 3.8) is 0 Å². The van der Waals surface area contributed by atoms with E-state index in [-0.39, 0.29) is 6.61 Å². The van der Waals surface area contributed by atoms with Gasteiger partial charge in [-0.1, -0.05) is 48.9 Å². The molecule has 1 unspecified atom stereocenters. The molecule has 0 amide bonds. The Morgan fingerprint density at radius 3 is 2.64 bits per heavy atom. The van der Waals surface area contributed by atoms with Gasteiger partial charge in [0.05, 0.1) is 36.3 Å². The SMILES string of the molecule is CCn1ncc2ccc(-c3cc(COC(C)(CC)C(=O)O)nn3Cc3ccccc3Cl)cc21. The lowest BCUT2D eigenvalue weighted by Gasteiger charge is -2.22. The maximum atomic E-state index is 11.6. The quantitative estimate of drug-likeness (QED) is 0.357. The van der Waals surface area contributed by atoms with Crippen LogP contribution in [0, 0.1) is 0 Å². The minimum atomic E-state index is -1.26. The van der Waals surface area contributed by atoms with Crippen molar-refractivity contribution >= 4 is 28.5 Å². The summed E-state index contributed by atoms with van der Waals surface area (Å²) >= 11 is 6.41. The fourth-order valence-corrected chi connectivity index (χ4v) is 3.91. The molecule has 1 N–H and O–H groups in total. The van der Waals surface area contributed by atoms with E-state index in [2.05, 4.69) is 18.1 Å². The summed E-state index contributed by atoms with van der Waals surface area (Å²) in [4.78, 5) is 11.6. The van der Waals surface area contributed by atoms with Gasteiger partial charge in [0.1, 0.15) is 0 Å². The van der Waals surface area contributed by atoms with Crippen molar-refractivity contribution in [2.75, 3.05) is 0 Å². The predicted octanol–water partition coefficient (Wildman–Crippen LogP) is 5.39. The molecule has 7 nitrogen and oxygen atoms in total. The first-order valence-corrected chi connectivity index (χ1v) is 11.4. The van der Waals surface area contributed by atoms with Crippen LogP contribution >= 0.6 is 11.6 Å². The molecule has 172 valence electrons. The number of rotatable bonds is 9. The highest BCUT2D eigenvalue weighted by molar-refractivity contribution is 6.31. The van der Waals surface area contributed by atoms with E-state index in [0.717, 1.165) is 34.3 Å². The zero-order valence-corrected chi connectivity index (χ0v) is 19.7. The van der Waals surface area contributed by atoms with Gasteiger partial charge in [0.15, 0.2) is 5.60 Å². The third-order valence-electron chi connectivity index (χ3n) is 6.01. The predicted molar refractivity (Wildman–Crippen MR) is 128 cm³/mol. The first-order valence-electron chi connectivity index (χ1n) is 11.0. The summed E-state index contributed by atoms with van der Waals surface area (Å²) in [5.74, 6) is -0.987. The Balaban J connectivity index is 1.74. The molecule has 0 bridgehead atoms. The normalized spacial score (nSPS) is 13.3. The van der Waals surface area contributed by atoms with Crippen LogP contribution in [-0.4, -0.2) is 36.2 Å². The van der Waals surface area contributed by atoms with E-state index in [4.69, 9.17) is 21.4 Å². The number of ether oxygens (including phenoxy) is 1. The molecule has 33 heavy (non-hydrogen) atoms. The van der Waals surface area contributed by atoms with Crippen LogP contribution in [0.5, 0.6) is 0 Å². The lowest BCUT2D eigenvalue weighted by molar-refractivity contribution is -0.165. The van der Waals surface area contributed by atoms with Crippen molar-refractivity contribution in [2.45, 2.75) is 52.5 Å². The molecule has 0 aliphatic rings. The molecule has 2 aromatic heterocycles. The maximum absolute atomic E-state index is 11.6. The molecule has 0 aliphatic heterocycles. The highest BCUT2D eigenvalue weighted by Crippen LogP contribution is 2.28. The van der Waals surface area contributed by atoms with E-state index in [1.807, 2.05) is 58.0 Å². The largest absolute Gasteiger partial charge is 0.479 e. The van der Waals surface area contributed by atoms with E-state index in [9.17, 15) is 9.90 Å². The number of hydrogen-bond donors (Lipinski definition) is 1. The zero-order chi connectivity index (χ0) is 23.6. The average Bonchev–Trinajstić information content (AvgIpc) is 3.42. The first-order chi connectivity index (χ1) is 15.8. The van der Waals surface area contributed by atoms with Gasteiger partial charge in [-0.25, -0.2) is 4.79 Å². The molecule has 0 radical (unpaired) electrons. The van der Waals surface area contributed by atoms with Crippen LogP contribution in [0.1, 0.15) is 38.4 Å². The Bertz CT molecular complexity index is 1300. The standard InChI is InChI=1S/C25H27ClN4O3/c1-4-25(3,24(31)32)33-16-20-13-23(30(28-20)15-19-8-6-7-9-21(19)26)17-10-11-18-14-27-29(5-2)22(18)12-17/h6-14H,4-5,15-16H2,1-3H3,(H,31,32). The number of carboxylic acids is 1. The number of aromatic nitrogens is 4. The molecule has 1 atom stereocenters. The summed E-state index contributed by atoms with van der Waals surface area (Å²) in [6.45, 7) is 6.77. The summed E-state index contributed by atoms with van der Waals surface area (Å²) in [6, 6.07) is 15.8. The lowest BCUT2D eigenvalue weighted by atomic mass is 10.0. The van der Waals surface area contributed by atoms with Crippen molar-refractivity contribution < 1.29 is 14.6 Å². The monoisotopic (exact) mass is 466 g/mol. The average molecular weight is 467 g/mol. The first kappa shape index (κ1) is 23.0. The molecule has 2 heterocycles. The van der Waals surface area contributed by atoms with Gasteiger partial charge in [0.2, 0.25) is 0 Å². The Kier molecular flexibility index (Phi) is 6.54. The minimum Gasteiger partial charge on any atom is -0.479 e. The van der Waals surface area contributed by atoms with E-state index >= 15 is 0 Å². The molecule has 2 aromatic carbocycles. The van der Waals surface area contributed by atoms with E-state index in [1.54, 1.807) is 13.8 Å². The number of benzene rings is 2. The van der Waals surface area contributed by atoms with Gasteiger partial charge in [0, 0.05) is 22.5 Å². The molecule has 0 fully saturated rings. The van der Waals surface area contributed by atoms with Gasteiger partial charge in [-0.3, -0.25) is 9.36 Å². The van der Waals surface area contributed by atoms with Crippen LogP contribution in [-0.2, 0) is 29.2 Å². The highest BCUT2D eigenvalue weighted by Gasteiger charge is 2.32. The minimum absolute atomic E-state index is 0.0916. The summed E-state index contributed by atoms with van der Waals surface area (Å²) in [6.07, 6.45) is 2.22. The van der Waals surface area contributed by atoms with Crippen LogP contribution < -0.4 is 0 Å². The van der Waals surface area contributed by atoms with Crippen molar-refractivity contribution in [1.82, 2.24) is 19.6 Å². The smallest absolute Gasteiger partial charge is 0.335 e.